The molecule has 7 nitrogen and oxygen atoms in total. The Morgan fingerprint density at radius 1 is 1.11 bits per heavy atom. The predicted octanol–water partition coefficient (Wildman–Crippen LogP) is 2.21. The zero-order chi connectivity index (χ0) is 19.4. The summed E-state index contributed by atoms with van der Waals surface area (Å²) >= 11 is 0. The van der Waals surface area contributed by atoms with Gasteiger partial charge in [0.1, 0.15) is 0 Å². The second-order valence-electron chi connectivity index (χ2n) is 8.47. The van der Waals surface area contributed by atoms with Crippen molar-refractivity contribution in [3.8, 4) is 0 Å². The van der Waals surface area contributed by atoms with Crippen molar-refractivity contribution in [3.63, 3.8) is 0 Å². The Morgan fingerprint density at radius 2 is 1.89 bits per heavy atom. The van der Waals surface area contributed by atoms with E-state index < -0.39 is 0 Å². The molecule has 7 heteroatoms. The molecule has 3 aliphatic rings. The fourth-order valence-electron chi connectivity index (χ4n) is 4.11. The minimum Gasteiger partial charge on any atom is -0.338 e. The van der Waals surface area contributed by atoms with Gasteiger partial charge >= 0.3 is 0 Å². The van der Waals surface area contributed by atoms with Crippen LogP contribution in [0.3, 0.4) is 0 Å². The van der Waals surface area contributed by atoms with E-state index in [-0.39, 0.29) is 23.8 Å². The Bertz CT molecular complexity index is 942. The van der Waals surface area contributed by atoms with Crippen LogP contribution in [0.25, 0.3) is 0 Å². The van der Waals surface area contributed by atoms with Gasteiger partial charge in [0.15, 0.2) is 0 Å². The predicted molar refractivity (Wildman–Crippen MR) is 104 cm³/mol. The quantitative estimate of drug-likeness (QED) is 0.817. The zero-order valence-corrected chi connectivity index (χ0v) is 16.3. The van der Waals surface area contributed by atoms with Crippen molar-refractivity contribution < 1.29 is 9.59 Å². The van der Waals surface area contributed by atoms with Gasteiger partial charge in [-0.15, -0.1) is 5.10 Å². The van der Waals surface area contributed by atoms with Gasteiger partial charge in [-0.3, -0.25) is 9.59 Å². The average Bonchev–Trinajstić information content (AvgIpc) is 3.25. The van der Waals surface area contributed by atoms with E-state index in [9.17, 15) is 9.59 Å². The monoisotopic (exact) mass is 379 g/mol. The van der Waals surface area contributed by atoms with E-state index in [1.54, 1.807) is 4.90 Å². The van der Waals surface area contributed by atoms with E-state index >= 15 is 0 Å². The third-order valence-corrected chi connectivity index (χ3v) is 6.35. The van der Waals surface area contributed by atoms with E-state index in [1.165, 1.54) is 18.4 Å². The Kier molecular flexibility index (Phi) is 4.00. The highest BCUT2D eigenvalue weighted by Crippen LogP contribution is 2.39. The molecule has 1 atom stereocenters. The fraction of sp³-hybridized carbons (Fsp3) is 0.524. The molecule has 0 bridgehead atoms. The van der Waals surface area contributed by atoms with Gasteiger partial charge < -0.3 is 9.80 Å². The lowest BCUT2D eigenvalue weighted by Crippen LogP contribution is -2.53. The lowest BCUT2D eigenvalue weighted by molar-refractivity contribution is -0.141. The molecule has 1 aliphatic carbocycles. The summed E-state index contributed by atoms with van der Waals surface area (Å²) < 4.78 is 1.90. The standard InChI is InChI=1S/C21H25N5O2/c1-13-3-6-17(7-14(13)2)25-9-16(8-20(25)27)21(28)24-10-18(11-24)26-12-19(22-23-26)15-4-5-15/h3,6-7,12,15-16,18H,4-5,8-11H2,1-2H3. The first-order valence-electron chi connectivity index (χ1n) is 10.1. The number of aryl methyl sites for hydroxylation is 2. The first-order chi connectivity index (χ1) is 13.5. The summed E-state index contributed by atoms with van der Waals surface area (Å²) in [6.07, 6.45) is 4.74. The number of amides is 2. The summed E-state index contributed by atoms with van der Waals surface area (Å²) in [6.45, 7) is 5.87. The molecule has 1 aromatic heterocycles. The van der Waals surface area contributed by atoms with Gasteiger partial charge in [0.2, 0.25) is 11.8 Å². The van der Waals surface area contributed by atoms with Crippen molar-refractivity contribution in [2.75, 3.05) is 24.5 Å². The maximum absolute atomic E-state index is 12.9. The lowest BCUT2D eigenvalue weighted by atomic mass is 10.0. The molecule has 5 rings (SSSR count). The summed E-state index contributed by atoms with van der Waals surface area (Å²) in [7, 11) is 0. The number of nitrogens with zero attached hydrogens (tertiary/aromatic N) is 5. The molecule has 146 valence electrons. The second-order valence-corrected chi connectivity index (χ2v) is 8.47. The van der Waals surface area contributed by atoms with Crippen molar-refractivity contribution in [1.29, 1.82) is 0 Å². The van der Waals surface area contributed by atoms with Crippen LogP contribution in [0.5, 0.6) is 0 Å². The summed E-state index contributed by atoms with van der Waals surface area (Å²) in [5.74, 6) is 0.447. The maximum atomic E-state index is 12.9. The highest BCUT2D eigenvalue weighted by molar-refractivity contribution is 6.00. The highest BCUT2D eigenvalue weighted by Gasteiger charge is 2.42. The molecule has 0 N–H and O–H groups in total. The Balaban J connectivity index is 1.20. The summed E-state index contributed by atoms with van der Waals surface area (Å²) in [5, 5.41) is 8.49. The Hall–Kier alpha value is -2.70. The zero-order valence-electron chi connectivity index (χ0n) is 16.3. The van der Waals surface area contributed by atoms with Crippen LogP contribution in [0.15, 0.2) is 24.4 Å². The summed E-state index contributed by atoms with van der Waals surface area (Å²) in [4.78, 5) is 29.0. The van der Waals surface area contributed by atoms with Gasteiger partial charge in [-0.25, -0.2) is 4.68 Å². The van der Waals surface area contributed by atoms with Gasteiger partial charge in [-0.05, 0) is 49.9 Å². The van der Waals surface area contributed by atoms with Crippen molar-refractivity contribution >= 4 is 17.5 Å². The third-order valence-electron chi connectivity index (χ3n) is 6.35. The topological polar surface area (TPSA) is 71.3 Å². The van der Waals surface area contributed by atoms with Gasteiger partial charge in [0.05, 0.1) is 17.7 Å². The van der Waals surface area contributed by atoms with Crippen LogP contribution < -0.4 is 4.90 Å². The molecule has 2 saturated heterocycles. The van der Waals surface area contributed by atoms with Crippen LogP contribution in [-0.2, 0) is 9.59 Å². The smallest absolute Gasteiger partial charge is 0.228 e. The van der Waals surface area contributed by atoms with Crippen LogP contribution in [0.2, 0.25) is 0 Å². The lowest BCUT2D eigenvalue weighted by Gasteiger charge is -2.40. The average molecular weight is 379 g/mol. The Labute approximate surface area is 164 Å². The molecule has 2 amide bonds. The van der Waals surface area contributed by atoms with Crippen LogP contribution in [0.4, 0.5) is 5.69 Å². The highest BCUT2D eigenvalue weighted by atomic mass is 16.2. The summed E-state index contributed by atoms with van der Waals surface area (Å²) in [5.41, 5.74) is 4.33. The van der Waals surface area contributed by atoms with Crippen molar-refractivity contribution in [3.05, 3.63) is 41.2 Å². The van der Waals surface area contributed by atoms with Gasteiger partial charge in [0, 0.05) is 43.9 Å². The SMILES string of the molecule is Cc1ccc(N2CC(C(=O)N3CC(n4cc(C5CC5)nn4)C3)CC2=O)cc1C. The van der Waals surface area contributed by atoms with Crippen LogP contribution in [-0.4, -0.2) is 51.3 Å². The van der Waals surface area contributed by atoms with Crippen LogP contribution >= 0.6 is 0 Å². The molecule has 1 saturated carbocycles. The minimum absolute atomic E-state index is 0.0315. The molecule has 28 heavy (non-hydrogen) atoms. The van der Waals surface area contributed by atoms with Crippen molar-refractivity contribution in [2.45, 2.75) is 45.1 Å². The normalized spacial score (nSPS) is 22.6. The number of rotatable bonds is 4. The van der Waals surface area contributed by atoms with Gasteiger partial charge in [-0.2, -0.15) is 0 Å². The number of hydrogen-bond acceptors (Lipinski definition) is 4. The first-order valence-corrected chi connectivity index (χ1v) is 10.1. The molecular weight excluding hydrogens is 354 g/mol. The van der Waals surface area contributed by atoms with Gasteiger partial charge in [-0.1, -0.05) is 11.3 Å². The second kappa shape index (κ2) is 6.43. The third kappa shape index (κ3) is 2.99. The maximum Gasteiger partial charge on any atom is 0.228 e. The number of carbonyl (C=O) groups excluding carboxylic acids is 2. The van der Waals surface area contributed by atoms with E-state index in [0.717, 1.165) is 16.9 Å². The van der Waals surface area contributed by atoms with E-state index in [2.05, 4.69) is 17.2 Å². The molecule has 0 radical (unpaired) electrons. The summed E-state index contributed by atoms with van der Waals surface area (Å²) in [6, 6.07) is 6.23. The molecule has 2 aliphatic heterocycles. The molecule has 3 fully saturated rings. The van der Waals surface area contributed by atoms with Gasteiger partial charge in [0.25, 0.3) is 0 Å². The van der Waals surface area contributed by atoms with E-state index in [0.29, 0.717) is 32.0 Å². The number of hydrogen-bond donors (Lipinski definition) is 0. The number of likely N-dealkylation sites (tertiary alicyclic amines) is 1. The van der Waals surface area contributed by atoms with Crippen molar-refractivity contribution in [2.24, 2.45) is 5.92 Å². The van der Waals surface area contributed by atoms with Crippen molar-refractivity contribution in [1.82, 2.24) is 19.9 Å². The van der Waals surface area contributed by atoms with Crippen LogP contribution in [0.1, 0.15) is 48.0 Å². The Morgan fingerprint density at radius 3 is 2.61 bits per heavy atom. The number of aromatic nitrogens is 3. The molecule has 1 unspecified atom stereocenters. The fourth-order valence-corrected chi connectivity index (χ4v) is 4.11. The first kappa shape index (κ1) is 17.4. The van der Waals surface area contributed by atoms with E-state index in [1.807, 2.05) is 40.9 Å². The van der Waals surface area contributed by atoms with Crippen LogP contribution in [0, 0.1) is 19.8 Å². The molecule has 0 spiro atoms. The molecule has 2 aromatic rings. The number of carbonyl (C=O) groups is 2. The molecule has 3 heterocycles. The molecular formula is C21H25N5O2. The largest absolute Gasteiger partial charge is 0.338 e. The number of benzene rings is 1. The number of anilines is 1. The molecule has 1 aromatic carbocycles. The van der Waals surface area contributed by atoms with E-state index in [4.69, 9.17) is 0 Å². The minimum atomic E-state index is -0.257.